The molecule has 0 radical (unpaired) electrons. The Labute approximate surface area is 148 Å². The number of nitrogens with zero attached hydrogens (tertiary/aromatic N) is 3. The number of rotatable bonds is 3. The van der Waals surface area contributed by atoms with E-state index in [1.165, 1.54) is 11.3 Å². The first-order valence-electron chi connectivity index (χ1n) is 7.95. The minimum Gasteiger partial charge on any atom is -0.496 e. The van der Waals surface area contributed by atoms with Gasteiger partial charge in [-0.15, -0.1) is 0 Å². The topological polar surface area (TPSA) is 94.5 Å². The highest BCUT2D eigenvalue weighted by Gasteiger charge is 2.37. The van der Waals surface area contributed by atoms with Crippen LogP contribution in [0.2, 0.25) is 0 Å². The van der Waals surface area contributed by atoms with E-state index in [4.69, 9.17) is 14.9 Å². The van der Waals surface area contributed by atoms with Gasteiger partial charge in [0.15, 0.2) is 10.7 Å². The maximum absolute atomic E-state index is 11.7. The molecule has 3 aromatic rings. The highest BCUT2D eigenvalue weighted by molar-refractivity contribution is 7.15. The number of hydrogen-bond acceptors (Lipinski definition) is 8. The van der Waals surface area contributed by atoms with Gasteiger partial charge in [0.1, 0.15) is 17.6 Å². The molecule has 25 heavy (non-hydrogen) atoms. The summed E-state index contributed by atoms with van der Waals surface area (Å²) in [6.45, 7) is 3.96. The van der Waals surface area contributed by atoms with Gasteiger partial charge in [-0.3, -0.25) is 0 Å². The van der Waals surface area contributed by atoms with Crippen molar-refractivity contribution in [1.82, 2.24) is 9.97 Å². The van der Waals surface area contributed by atoms with Crippen LogP contribution < -0.4 is 15.4 Å². The predicted molar refractivity (Wildman–Crippen MR) is 96.3 cm³/mol. The monoisotopic (exact) mass is 358 g/mol. The molecule has 0 spiro atoms. The number of fused-ring (bicyclic) bond motifs is 2. The Kier molecular flexibility index (Phi) is 3.64. The summed E-state index contributed by atoms with van der Waals surface area (Å²) in [7, 11) is 1.63. The molecule has 0 aliphatic carbocycles. The van der Waals surface area contributed by atoms with Crippen LogP contribution in [0.3, 0.4) is 0 Å². The van der Waals surface area contributed by atoms with Gasteiger partial charge >= 0.3 is 0 Å². The number of nitrogen functional groups attached to an aromatic ring is 1. The van der Waals surface area contributed by atoms with Crippen molar-refractivity contribution in [1.29, 1.82) is 0 Å². The van der Waals surface area contributed by atoms with Gasteiger partial charge in [-0.1, -0.05) is 11.3 Å². The Bertz CT molecular complexity index is 964. The zero-order valence-electron chi connectivity index (χ0n) is 14.1. The fourth-order valence-corrected chi connectivity index (χ4v) is 4.27. The molecule has 2 atom stereocenters. The molecule has 1 aromatic carbocycles. The van der Waals surface area contributed by atoms with E-state index in [9.17, 15) is 4.79 Å². The standard InChI is InChI=1S/C17H18N4O3S/c1-8-4-14-11(6-13(8)23-3)20-17(24-14)21-9(2)15-12(5-10(21)7-22)19-16(18)25-15/h4,6-7,9-10H,5H2,1-3H3,(H2,18,19)/t9-,10-/m0/s1. The van der Waals surface area contributed by atoms with Crippen molar-refractivity contribution >= 4 is 39.9 Å². The third-order valence-electron chi connectivity index (χ3n) is 4.57. The van der Waals surface area contributed by atoms with Crippen LogP contribution in [0.5, 0.6) is 5.75 Å². The molecular formula is C17H18N4O3S. The van der Waals surface area contributed by atoms with Crippen molar-refractivity contribution in [3.63, 3.8) is 0 Å². The van der Waals surface area contributed by atoms with Crippen LogP contribution in [0.4, 0.5) is 11.1 Å². The third kappa shape index (κ3) is 2.44. The van der Waals surface area contributed by atoms with Gasteiger partial charge < -0.3 is 24.6 Å². The number of methoxy groups -OCH3 is 1. The minimum atomic E-state index is -0.389. The molecule has 0 unspecified atom stereocenters. The molecule has 8 heteroatoms. The van der Waals surface area contributed by atoms with Gasteiger partial charge in [0, 0.05) is 12.5 Å². The number of hydrogen-bond donors (Lipinski definition) is 1. The number of aryl methyl sites for hydroxylation is 1. The third-order valence-corrected chi connectivity index (χ3v) is 5.67. The molecule has 1 aliphatic heterocycles. The summed E-state index contributed by atoms with van der Waals surface area (Å²) in [4.78, 5) is 23.6. The minimum absolute atomic E-state index is 0.0928. The molecule has 7 nitrogen and oxygen atoms in total. The second-order valence-electron chi connectivity index (χ2n) is 6.14. The molecule has 0 fully saturated rings. The Balaban J connectivity index is 1.82. The highest BCUT2D eigenvalue weighted by atomic mass is 32.1. The van der Waals surface area contributed by atoms with Crippen LogP contribution in [-0.4, -0.2) is 29.4 Å². The number of thiazole rings is 1. The molecule has 1 aliphatic rings. The van der Waals surface area contributed by atoms with Gasteiger partial charge in [0.25, 0.3) is 6.01 Å². The smallest absolute Gasteiger partial charge is 0.299 e. The van der Waals surface area contributed by atoms with Gasteiger partial charge in [0.2, 0.25) is 0 Å². The fourth-order valence-electron chi connectivity index (χ4n) is 3.36. The number of nitrogens with two attached hydrogens (primary N) is 1. The van der Waals surface area contributed by atoms with Gasteiger partial charge in [0.05, 0.1) is 29.8 Å². The van der Waals surface area contributed by atoms with Gasteiger partial charge in [-0.05, 0) is 25.5 Å². The first-order valence-corrected chi connectivity index (χ1v) is 8.77. The van der Waals surface area contributed by atoms with Crippen LogP contribution in [0.15, 0.2) is 16.5 Å². The van der Waals surface area contributed by atoms with Crippen LogP contribution in [-0.2, 0) is 11.2 Å². The van der Waals surface area contributed by atoms with Crippen molar-refractivity contribution in [3.8, 4) is 5.75 Å². The molecule has 0 amide bonds. The number of aromatic nitrogens is 2. The summed E-state index contributed by atoms with van der Waals surface area (Å²) in [5.41, 5.74) is 9.07. The summed E-state index contributed by atoms with van der Waals surface area (Å²) in [6, 6.07) is 3.68. The van der Waals surface area contributed by atoms with Crippen molar-refractivity contribution in [2.24, 2.45) is 0 Å². The summed E-state index contributed by atoms with van der Waals surface area (Å²) in [6.07, 6.45) is 1.41. The number of carbonyl (C=O) groups excluding carboxylic acids is 1. The van der Waals surface area contributed by atoms with E-state index >= 15 is 0 Å². The Morgan fingerprint density at radius 3 is 2.96 bits per heavy atom. The van der Waals surface area contributed by atoms with Crippen molar-refractivity contribution in [2.75, 3.05) is 17.7 Å². The molecule has 0 saturated carbocycles. The lowest BCUT2D eigenvalue weighted by molar-refractivity contribution is -0.109. The van der Waals surface area contributed by atoms with E-state index in [0.29, 0.717) is 28.7 Å². The Hall–Kier alpha value is -2.61. The largest absolute Gasteiger partial charge is 0.496 e. The Morgan fingerprint density at radius 1 is 1.44 bits per heavy atom. The average molecular weight is 358 g/mol. The second kappa shape index (κ2) is 5.73. The number of carbonyl (C=O) groups is 1. The zero-order chi connectivity index (χ0) is 17.7. The van der Waals surface area contributed by atoms with Crippen LogP contribution in [0.25, 0.3) is 11.1 Å². The molecule has 0 saturated heterocycles. The summed E-state index contributed by atoms with van der Waals surface area (Å²) in [5.74, 6) is 0.753. The first kappa shape index (κ1) is 15.9. The maximum atomic E-state index is 11.7. The zero-order valence-corrected chi connectivity index (χ0v) is 15.0. The quantitative estimate of drug-likeness (QED) is 0.719. The number of ether oxygens (including phenoxy) is 1. The summed E-state index contributed by atoms with van der Waals surface area (Å²) < 4.78 is 11.3. The molecule has 2 aromatic heterocycles. The van der Waals surface area contributed by atoms with Crippen LogP contribution in [0, 0.1) is 6.92 Å². The van der Waals surface area contributed by atoms with E-state index in [2.05, 4.69) is 9.97 Å². The maximum Gasteiger partial charge on any atom is 0.299 e. The lowest BCUT2D eigenvalue weighted by atomic mass is 10.0. The lowest BCUT2D eigenvalue weighted by Gasteiger charge is -2.35. The normalized spacial score (nSPS) is 19.9. The van der Waals surface area contributed by atoms with Gasteiger partial charge in [-0.2, -0.15) is 4.98 Å². The Morgan fingerprint density at radius 2 is 2.24 bits per heavy atom. The fraction of sp³-hybridized carbons (Fsp3) is 0.353. The molecule has 4 rings (SSSR count). The number of anilines is 2. The summed E-state index contributed by atoms with van der Waals surface area (Å²) >= 11 is 1.44. The molecule has 130 valence electrons. The molecular weight excluding hydrogens is 340 g/mol. The average Bonchev–Trinajstić information content (AvgIpc) is 3.15. The van der Waals surface area contributed by atoms with Crippen LogP contribution in [0.1, 0.15) is 29.1 Å². The SMILES string of the molecule is COc1cc2nc(N3[C@H](C=O)Cc4nc(N)sc4[C@@H]3C)oc2cc1C. The van der Waals surface area contributed by atoms with Crippen LogP contribution >= 0.6 is 11.3 Å². The number of oxazole rings is 1. The first-order chi connectivity index (χ1) is 12.0. The second-order valence-corrected chi connectivity index (χ2v) is 7.20. The molecule has 3 heterocycles. The highest BCUT2D eigenvalue weighted by Crippen LogP contribution is 2.40. The van der Waals surface area contributed by atoms with Gasteiger partial charge in [-0.25, -0.2) is 4.98 Å². The predicted octanol–water partition coefficient (Wildman–Crippen LogP) is 2.87. The van der Waals surface area contributed by atoms with Crippen molar-refractivity contribution < 1.29 is 13.9 Å². The molecule has 0 bridgehead atoms. The number of benzene rings is 1. The van der Waals surface area contributed by atoms with E-state index < -0.39 is 0 Å². The van der Waals surface area contributed by atoms with Crippen molar-refractivity contribution in [3.05, 3.63) is 28.3 Å². The van der Waals surface area contributed by atoms with E-state index in [1.54, 1.807) is 7.11 Å². The van der Waals surface area contributed by atoms with E-state index in [1.807, 2.05) is 30.9 Å². The summed E-state index contributed by atoms with van der Waals surface area (Å²) in [5, 5.41) is 0.515. The van der Waals surface area contributed by atoms with E-state index in [-0.39, 0.29) is 12.1 Å². The lowest BCUT2D eigenvalue weighted by Crippen LogP contribution is -2.43. The number of aldehydes is 1. The van der Waals surface area contributed by atoms with E-state index in [0.717, 1.165) is 28.2 Å². The molecule has 2 N–H and O–H groups in total. The van der Waals surface area contributed by atoms with Crippen molar-refractivity contribution in [2.45, 2.75) is 32.4 Å².